The van der Waals surface area contributed by atoms with E-state index in [1.165, 1.54) is 32.1 Å². The van der Waals surface area contributed by atoms with Crippen LogP contribution in [-0.4, -0.2) is 40.5 Å². The van der Waals surface area contributed by atoms with Crippen molar-refractivity contribution in [2.24, 2.45) is 0 Å². The Morgan fingerprint density at radius 3 is 2.53 bits per heavy atom. The first-order chi connectivity index (χ1) is 9.18. The van der Waals surface area contributed by atoms with E-state index < -0.39 is 0 Å². The Labute approximate surface area is 117 Å². The van der Waals surface area contributed by atoms with Crippen LogP contribution < -0.4 is 0 Å². The average molecular weight is 267 g/mol. The number of hydrogen-bond acceptors (Lipinski definition) is 3. The maximum Gasteiger partial charge on any atom is 0.131 e. The van der Waals surface area contributed by atoms with E-state index >= 15 is 0 Å². The number of carbonyl (C=O) groups is 1. The lowest BCUT2D eigenvalue weighted by atomic mass is 9.98. The third kappa shape index (κ3) is 4.28. The summed E-state index contributed by atoms with van der Waals surface area (Å²) in [6.07, 6.45) is 11.0. The van der Waals surface area contributed by atoms with Crippen molar-refractivity contribution in [3.8, 4) is 0 Å². The molecule has 0 aromatic rings. The van der Waals surface area contributed by atoms with Gasteiger partial charge in [0, 0.05) is 18.5 Å². The molecule has 0 radical (unpaired) electrons. The summed E-state index contributed by atoms with van der Waals surface area (Å²) in [4.78, 5) is 14.0. The van der Waals surface area contributed by atoms with Crippen molar-refractivity contribution in [1.82, 2.24) is 4.90 Å². The summed E-state index contributed by atoms with van der Waals surface area (Å²) >= 11 is 0. The van der Waals surface area contributed by atoms with E-state index in [0.29, 0.717) is 24.3 Å². The molecule has 1 saturated carbocycles. The fourth-order valence-corrected chi connectivity index (χ4v) is 3.84. The van der Waals surface area contributed by atoms with E-state index in [9.17, 15) is 9.90 Å². The molecule has 19 heavy (non-hydrogen) atoms. The molecule has 1 saturated heterocycles. The summed E-state index contributed by atoms with van der Waals surface area (Å²) in [6.45, 7) is 2.77. The Bertz CT molecular complexity index is 292. The predicted octanol–water partition coefficient (Wildman–Crippen LogP) is 2.90. The zero-order valence-corrected chi connectivity index (χ0v) is 12.3. The van der Waals surface area contributed by atoms with Crippen LogP contribution in [0.4, 0.5) is 0 Å². The van der Waals surface area contributed by atoms with Gasteiger partial charge < -0.3 is 5.11 Å². The molecular formula is C16H29NO2. The highest BCUT2D eigenvalue weighted by Gasteiger charge is 2.33. The Morgan fingerprint density at radius 2 is 1.74 bits per heavy atom. The van der Waals surface area contributed by atoms with Gasteiger partial charge in [0.05, 0.1) is 6.10 Å². The molecular weight excluding hydrogens is 238 g/mol. The van der Waals surface area contributed by atoms with Crippen LogP contribution in [0.15, 0.2) is 0 Å². The van der Waals surface area contributed by atoms with E-state index in [1.807, 2.05) is 0 Å². The van der Waals surface area contributed by atoms with E-state index in [4.69, 9.17) is 0 Å². The van der Waals surface area contributed by atoms with Gasteiger partial charge in [-0.05, 0) is 39.2 Å². The number of aliphatic hydroxyl groups is 1. The van der Waals surface area contributed by atoms with Crippen molar-refractivity contribution >= 4 is 5.78 Å². The van der Waals surface area contributed by atoms with Crippen LogP contribution in [0.5, 0.6) is 0 Å². The Balaban J connectivity index is 2.08. The summed E-state index contributed by atoms with van der Waals surface area (Å²) in [5.74, 6) is 0.292. The largest absolute Gasteiger partial charge is 0.391 e. The van der Waals surface area contributed by atoms with Gasteiger partial charge in [-0.1, -0.05) is 32.1 Å². The van der Waals surface area contributed by atoms with Crippen molar-refractivity contribution in [2.75, 3.05) is 6.54 Å². The standard InChI is InChI=1S/C16H29NO2/c1-13(18)12-14-8-4-3-7-11-17(14)15-9-5-2-6-10-16(15)19/h14-16,19H,2-12H2,1H3. The lowest BCUT2D eigenvalue weighted by molar-refractivity contribution is -0.118. The molecule has 3 unspecified atom stereocenters. The third-order valence-corrected chi connectivity index (χ3v) is 4.82. The van der Waals surface area contributed by atoms with E-state index in [-0.39, 0.29) is 6.10 Å². The zero-order chi connectivity index (χ0) is 13.7. The first-order valence-electron chi connectivity index (χ1n) is 8.11. The maximum absolute atomic E-state index is 11.5. The number of carbonyl (C=O) groups excluding carboxylic acids is 1. The molecule has 3 heteroatoms. The van der Waals surface area contributed by atoms with Crippen LogP contribution in [0.25, 0.3) is 0 Å². The van der Waals surface area contributed by atoms with Gasteiger partial charge in [0.2, 0.25) is 0 Å². The van der Waals surface area contributed by atoms with Crippen LogP contribution in [-0.2, 0) is 4.79 Å². The molecule has 2 rings (SSSR count). The number of aliphatic hydroxyl groups excluding tert-OH is 1. The highest BCUT2D eigenvalue weighted by Crippen LogP contribution is 2.29. The summed E-state index contributed by atoms with van der Waals surface area (Å²) in [5.41, 5.74) is 0. The molecule has 110 valence electrons. The topological polar surface area (TPSA) is 40.5 Å². The van der Waals surface area contributed by atoms with E-state index in [0.717, 1.165) is 32.2 Å². The number of hydrogen-bond donors (Lipinski definition) is 1. The zero-order valence-electron chi connectivity index (χ0n) is 12.3. The molecule has 0 amide bonds. The van der Waals surface area contributed by atoms with Crippen molar-refractivity contribution < 1.29 is 9.90 Å². The van der Waals surface area contributed by atoms with Gasteiger partial charge in [-0.3, -0.25) is 9.69 Å². The van der Waals surface area contributed by atoms with Gasteiger partial charge in [-0.25, -0.2) is 0 Å². The quantitative estimate of drug-likeness (QED) is 0.799. The Hall–Kier alpha value is -0.410. The number of rotatable bonds is 3. The second-order valence-corrected chi connectivity index (χ2v) is 6.42. The van der Waals surface area contributed by atoms with Gasteiger partial charge in [-0.2, -0.15) is 0 Å². The SMILES string of the molecule is CC(=O)CC1CCCCCN1C1CCCCCC1O. The maximum atomic E-state index is 11.5. The molecule has 0 spiro atoms. The minimum atomic E-state index is -0.185. The summed E-state index contributed by atoms with van der Waals surface area (Å²) in [6, 6.07) is 0.669. The number of ketones is 1. The van der Waals surface area contributed by atoms with Crippen LogP contribution in [0, 0.1) is 0 Å². The van der Waals surface area contributed by atoms with Crippen LogP contribution in [0.2, 0.25) is 0 Å². The van der Waals surface area contributed by atoms with Crippen LogP contribution in [0.1, 0.15) is 71.1 Å². The highest BCUT2D eigenvalue weighted by molar-refractivity contribution is 5.76. The minimum Gasteiger partial charge on any atom is -0.391 e. The normalized spacial score (nSPS) is 34.5. The Morgan fingerprint density at radius 1 is 1.05 bits per heavy atom. The fourth-order valence-electron chi connectivity index (χ4n) is 3.84. The van der Waals surface area contributed by atoms with Crippen molar-refractivity contribution in [1.29, 1.82) is 0 Å². The predicted molar refractivity (Wildman–Crippen MR) is 77.1 cm³/mol. The lowest BCUT2D eigenvalue weighted by Gasteiger charge is -2.38. The summed E-state index contributed by atoms with van der Waals surface area (Å²) in [7, 11) is 0. The lowest BCUT2D eigenvalue weighted by Crippen LogP contribution is -2.49. The molecule has 0 aromatic carbocycles. The highest BCUT2D eigenvalue weighted by atomic mass is 16.3. The molecule has 0 bridgehead atoms. The smallest absolute Gasteiger partial charge is 0.131 e. The fraction of sp³-hybridized carbons (Fsp3) is 0.938. The molecule has 0 aromatic heterocycles. The van der Waals surface area contributed by atoms with Gasteiger partial charge in [-0.15, -0.1) is 0 Å². The minimum absolute atomic E-state index is 0.185. The average Bonchev–Trinajstić information content (AvgIpc) is 2.69. The summed E-state index contributed by atoms with van der Waals surface area (Å²) < 4.78 is 0. The molecule has 1 aliphatic heterocycles. The summed E-state index contributed by atoms with van der Waals surface area (Å²) in [5, 5.41) is 10.4. The molecule has 2 aliphatic rings. The van der Waals surface area contributed by atoms with Gasteiger partial charge >= 0.3 is 0 Å². The molecule has 1 aliphatic carbocycles. The molecule has 3 nitrogen and oxygen atoms in total. The van der Waals surface area contributed by atoms with Crippen molar-refractivity contribution in [3.05, 3.63) is 0 Å². The number of Topliss-reactive ketones (excluding diaryl/α,β-unsaturated/α-hetero) is 1. The monoisotopic (exact) mass is 267 g/mol. The number of nitrogens with zero attached hydrogens (tertiary/aromatic N) is 1. The molecule has 1 heterocycles. The van der Waals surface area contributed by atoms with E-state index in [2.05, 4.69) is 4.90 Å². The van der Waals surface area contributed by atoms with Gasteiger partial charge in [0.15, 0.2) is 0 Å². The first-order valence-corrected chi connectivity index (χ1v) is 8.11. The van der Waals surface area contributed by atoms with Gasteiger partial charge in [0.1, 0.15) is 5.78 Å². The first kappa shape index (κ1) is 15.0. The van der Waals surface area contributed by atoms with Crippen LogP contribution >= 0.6 is 0 Å². The van der Waals surface area contributed by atoms with E-state index in [1.54, 1.807) is 6.92 Å². The second kappa shape index (κ2) is 7.39. The third-order valence-electron chi connectivity index (χ3n) is 4.82. The van der Waals surface area contributed by atoms with Crippen molar-refractivity contribution in [2.45, 2.75) is 89.3 Å². The van der Waals surface area contributed by atoms with Gasteiger partial charge in [0.25, 0.3) is 0 Å². The second-order valence-electron chi connectivity index (χ2n) is 6.42. The molecule has 1 N–H and O–H groups in total. The molecule has 2 fully saturated rings. The molecule has 3 atom stereocenters. The van der Waals surface area contributed by atoms with Crippen molar-refractivity contribution in [3.63, 3.8) is 0 Å². The van der Waals surface area contributed by atoms with Crippen LogP contribution in [0.3, 0.4) is 0 Å². The Kier molecular flexibility index (Phi) is 5.83. The number of likely N-dealkylation sites (tertiary alicyclic amines) is 1.